The summed E-state index contributed by atoms with van der Waals surface area (Å²) in [6.45, 7) is 2.22. The molecule has 1 aliphatic heterocycles. The molecule has 1 heterocycles. The third kappa shape index (κ3) is 5.90. The minimum Gasteiger partial charge on any atom is -0.486 e. The second-order valence-corrected chi connectivity index (χ2v) is 9.86. The van der Waals surface area contributed by atoms with E-state index in [1.54, 1.807) is 0 Å². The average molecular weight is 487 g/mol. The van der Waals surface area contributed by atoms with Gasteiger partial charge in [0, 0.05) is 17.7 Å². The van der Waals surface area contributed by atoms with Crippen LogP contribution in [0.15, 0.2) is 41.3 Å². The first kappa shape index (κ1) is 24.3. The van der Waals surface area contributed by atoms with Gasteiger partial charge in [-0.3, -0.25) is 4.79 Å². The van der Waals surface area contributed by atoms with Crippen LogP contribution in [0.4, 0.5) is 8.78 Å². The molecule has 0 spiro atoms. The Hall–Kier alpha value is -2.37. The number of halogens is 2. The maximum atomic E-state index is 14.1. The quantitative estimate of drug-likeness (QED) is 0.566. The van der Waals surface area contributed by atoms with E-state index in [1.807, 2.05) is 6.26 Å². The highest BCUT2D eigenvalue weighted by molar-refractivity contribution is 7.98. The van der Waals surface area contributed by atoms with Gasteiger partial charge in [-0.1, -0.05) is 6.07 Å². The largest absolute Gasteiger partial charge is 0.486 e. The minimum atomic E-state index is -4.06. The van der Waals surface area contributed by atoms with Gasteiger partial charge in [0.05, 0.1) is 10.9 Å². The van der Waals surface area contributed by atoms with Crippen LogP contribution in [0.25, 0.3) is 0 Å². The van der Waals surface area contributed by atoms with Crippen molar-refractivity contribution in [3.8, 4) is 11.5 Å². The lowest BCUT2D eigenvalue weighted by Gasteiger charge is -2.22. The Kier molecular flexibility index (Phi) is 7.96. The number of hydrogen-bond donors (Lipinski definition) is 2. The summed E-state index contributed by atoms with van der Waals surface area (Å²) in [5.41, 5.74) is 0.0954. The van der Waals surface area contributed by atoms with Crippen LogP contribution in [-0.2, 0) is 14.8 Å². The van der Waals surface area contributed by atoms with Crippen molar-refractivity contribution in [2.75, 3.05) is 25.2 Å². The van der Waals surface area contributed by atoms with Gasteiger partial charge in [0.15, 0.2) is 11.5 Å². The van der Waals surface area contributed by atoms with Crippen molar-refractivity contribution in [2.24, 2.45) is 0 Å². The number of thioether (sulfide) groups is 1. The van der Waals surface area contributed by atoms with Gasteiger partial charge < -0.3 is 14.8 Å². The van der Waals surface area contributed by atoms with E-state index >= 15 is 0 Å². The number of sulfonamides is 1. The molecule has 11 heteroatoms. The number of hydrogen-bond acceptors (Lipinski definition) is 6. The molecule has 174 valence electrons. The van der Waals surface area contributed by atoms with E-state index in [2.05, 4.69) is 10.0 Å². The molecule has 32 heavy (non-hydrogen) atoms. The van der Waals surface area contributed by atoms with Crippen LogP contribution in [0.2, 0.25) is 0 Å². The van der Waals surface area contributed by atoms with E-state index in [-0.39, 0.29) is 16.9 Å². The first-order chi connectivity index (χ1) is 15.2. The Morgan fingerprint density at radius 3 is 2.53 bits per heavy atom. The highest BCUT2D eigenvalue weighted by Gasteiger charge is 2.28. The number of carbonyl (C=O) groups is 1. The summed E-state index contributed by atoms with van der Waals surface area (Å²) in [7, 11) is -4.06. The van der Waals surface area contributed by atoms with Gasteiger partial charge in [0.25, 0.3) is 0 Å². The maximum absolute atomic E-state index is 14.1. The molecule has 3 rings (SSSR count). The number of amides is 1. The normalized spacial score (nSPS) is 15.1. The Bertz CT molecular complexity index is 1080. The summed E-state index contributed by atoms with van der Waals surface area (Å²) in [6, 6.07) is 5.40. The average Bonchev–Trinajstić information content (AvgIpc) is 2.76. The second kappa shape index (κ2) is 10.5. The number of carbonyl (C=O) groups excluding carboxylic acids is 1. The predicted molar refractivity (Wildman–Crippen MR) is 117 cm³/mol. The van der Waals surface area contributed by atoms with Gasteiger partial charge in [0.1, 0.15) is 30.9 Å². The summed E-state index contributed by atoms with van der Waals surface area (Å²) >= 11 is 1.45. The predicted octanol–water partition coefficient (Wildman–Crippen LogP) is 3.01. The fraction of sp³-hybridized carbons (Fsp3) is 0.381. The summed E-state index contributed by atoms with van der Waals surface area (Å²) < 4.78 is 66.4. The molecule has 0 aliphatic carbocycles. The van der Waals surface area contributed by atoms with Crippen LogP contribution in [0.5, 0.6) is 11.5 Å². The number of benzene rings is 2. The zero-order valence-corrected chi connectivity index (χ0v) is 19.2. The SMILES string of the molecule is CSCCC(NS(=O)(=O)c1ccc2c(c1)OCCO2)C(=O)NC(C)c1ccc(F)cc1F. The van der Waals surface area contributed by atoms with Crippen molar-refractivity contribution in [2.45, 2.75) is 30.3 Å². The summed E-state index contributed by atoms with van der Waals surface area (Å²) in [6.07, 6.45) is 2.05. The third-order valence-electron chi connectivity index (χ3n) is 4.84. The van der Waals surface area contributed by atoms with Gasteiger partial charge >= 0.3 is 0 Å². The van der Waals surface area contributed by atoms with Gasteiger partial charge in [0.2, 0.25) is 15.9 Å². The van der Waals surface area contributed by atoms with E-state index < -0.39 is 39.6 Å². The van der Waals surface area contributed by atoms with Crippen LogP contribution in [0.1, 0.15) is 24.9 Å². The number of ether oxygens (including phenoxy) is 2. The molecule has 2 N–H and O–H groups in total. The lowest BCUT2D eigenvalue weighted by molar-refractivity contribution is -0.123. The fourth-order valence-corrected chi connectivity index (χ4v) is 4.89. The van der Waals surface area contributed by atoms with Crippen LogP contribution in [0.3, 0.4) is 0 Å². The van der Waals surface area contributed by atoms with Crippen LogP contribution in [0, 0.1) is 11.6 Å². The van der Waals surface area contributed by atoms with Gasteiger partial charge in [-0.15, -0.1) is 0 Å². The lowest BCUT2D eigenvalue weighted by Crippen LogP contribution is -2.47. The van der Waals surface area contributed by atoms with Crippen molar-refractivity contribution < 1.29 is 31.5 Å². The Labute approximate surface area is 189 Å². The molecule has 2 atom stereocenters. The zero-order valence-electron chi connectivity index (χ0n) is 17.6. The molecule has 1 aliphatic rings. The van der Waals surface area contributed by atoms with E-state index in [1.165, 1.54) is 43.0 Å². The lowest BCUT2D eigenvalue weighted by atomic mass is 10.1. The molecule has 0 aromatic heterocycles. The number of nitrogens with one attached hydrogen (secondary N) is 2. The fourth-order valence-electron chi connectivity index (χ4n) is 3.17. The van der Waals surface area contributed by atoms with E-state index in [0.29, 0.717) is 30.5 Å². The van der Waals surface area contributed by atoms with Crippen LogP contribution in [-0.4, -0.2) is 45.6 Å². The topological polar surface area (TPSA) is 93.7 Å². The van der Waals surface area contributed by atoms with E-state index in [9.17, 15) is 22.0 Å². The molecule has 0 radical (unpaired) electrons. The number of fused-ring (bicyclic) bond motifs is 1. The van der Waals surface area contributed by atoms with Gasteiger partial charge in [-0.25, -0.2) is 17.2 Å². The van der Waals surface area contributed by atoms with Crippen molar-refractivity contribution in [3.05, 3.63) is 53.6 Å². The number of rotatable bonds is 9. The van der Waals surface area contributed by atoms with E-state index in [0.717, 1.165) is 12.1 Å². The molecule has 7 nitrogen and oxygen atoms in total. The molecule has 0 saturated heterocycles. The van der Waals surface area contributed by atoms with Crippen LogP contribution >= 0.6 is 11.8 Å². The molecular weight excluding hydrogens is 462 g/mol. The molecule has 1 amide bonds. The molecule has 0 fully saturated rings. The smallest absolute Gasteiger partial charge is 0.241 e. The summed E-state index contributed by atoms with van der Waals surface area (Å²) in [5, 5.41) is 2.61. The molecule has 2 unspecified atom stereocenters. The van der Waals surface area contributed by atoms with E-state index in [4.69, 9.17) is 9.47 Å². The van der Waals surface area contributed by atoms with Crippen molar-refractivity contribution in [1.29, 1.82) is 0 Å². The maximum Gasteiger partial charge on any atom is 0.241 e. The Morgan fingerprint density at radius 1 is 1.12 bits per heavy atom. The highest BCUT2D eigenvalue weighted by Crippen LogP contribution is 2.32. The monoisotopic (exact) mass is 486 g/mol. The first-order valence-electron chi connectivity index (χ1n) is 9.87. The summed E-state index contributed by atoms with van der Waals surface area (Å²) in [4.78, 5) is 12.8. The van der Waals surface area contributed by atoms with Gasteiger partial charge in [-0.05, 0) is 43.6 Å². The van der Waals surface area contributed by atoms with Crippen molar-refractivity contribution in [3.63, 3.8) is 0 Å². The Balaban J connectivity index is 1.77. The second-order valence-electron chi connectivity index (χ2n) is 7.16. The standard InChI is InChI=1S/C21H24F2N2O5S2/c1-13(16-5-3-14(22)11-17(16)23)24-21(26)18(7-10-31-2)25-32(27,28)15-4-6-19-20(12-15)30-9-8-29-19/h3-6,11-13,18,25H,7-10H2,1-2H3,(H,24,26). The molecule has 2 aromatic carbocycles. The first-order valence-corrected chi connectivity index (χ1v) is 12.7. The molecule has 0 bridgehead atoms. The summed E-state index contributed by atoms with van der Waals surface area (Å²) in [5.74, 6) is -0.866. The molecule has 0 saturated carbocycles. The highest BCUT2D eigenvalue weighted by atomic mass is 32.2. The Morgan fingerprint density at radius 2 is 1.84 bits per heavy atom. The third-order valence-corrected chi connectivity index (χ3v) is 6.95. The van der Waals surface area contributed by atoms with Crippen molar-refractivity contribution in [1.82, 2.24) is 10.0 Å². The minimum absolute atomic E-state index is 0.0682. The zero-order chi connectivity index (χ0) is 23.3. The van der Waals surface area contributed by atoms with Gasteiger partial charge in [-0.2, -0.15) is 16.5 Å². The van der Waals surface area contributed by atoms with Crippen LogP contribution < -0.4 is 19.5 Å². The van der Waals surface area contributed by atoms with Crippen molar-refractivity contribution >= 4 is 27.7 Å². The molecule has 2 aromatic rings. The molecular formula is C21H24F2N2O5S2.